The molecule has 1 heterocycles. The first-order chi connectivity index (χ1) is 15.2. The van der Waals surface area contributed by atoms with Gasteiger partial charge in [-0.15, -0.1) is 0 Å². The number of methoxy groups -OCH3 is 2. The minimum atomic E-state index is -0.992. The number of benzene rings is 1. The van der Waals surface area contributed by atoms with E-state index < -0.39 is 11.9 Å². The minimum Gasteiger partial charge on any atom is -0.507 e. The second-order valence-electron chi connectivity index (χ2n) is 8.35. The lowest BCUT2D eigenvalue weighted by molar-refractivity contribution is -0.143. The molecule has 3 rings (SSSR count). The van der Waals surface area contributed by atoms with Gasteiger partial charge in [0.1, 0.15) is 17.2 Å². The predicted molar refractivity (Wildman–Crippen MR) is 118 cm³/mol. The first-order valence-electron chi connectivity index (χ1n) is 10.7. The lowest BCUT2D eigenvalue weighted by Crippen LogP contribution is -2.48. The van der Waals surface area contributed by atoms with E-state index >= 15 is 0 Å². The number of carboxylic acid groups (broad SMARTS) is 1. The van der Waals surface area contributed by atoms with Crippen LogP contribution in [0.1, 0.15) is 38.2 Å². The number of hydrogen-bond acceptors (Lipinski definition) is 6. The van der Waals surface area contributed by atoms with Gasteiger partial charge in [-0.3, -0.25) is 4.79 Å². The molecule has 8 nitrogen and oxygen atoms in total. The average Bonchev–Trinajstić information content (AvgIpc) is 2.76. The molecule has 1 amide bonds. The van der Waals surface area contributed by atoms with Gasteiger partial charge >= 0.3 is 5.97 Å². The number of carbonyl (C=O) groups excluding carboxylic acids is 1. The average molecular weight is 446 g/mol. The second kappa shape index (κ2) is 10.1. The van der Waals surface area contributed by atoms with E-state index in [-0.39, 0.29) is 41.8 Å². The fourth-order valence-corrected chi connectivity index (χ4v) is 4.51. The van der Waals surface area contributed by atoms with Crippen molar-refractivity contribution in [3.8, 4) is 17.2 Å². The molecule has 174 valence electrons. The molecule has 4 atom stereocenters. The summed E-state index contributed by atoms with van der Waals surface area (Å²) >= 11 is 0. The smallest absolute Gasteiger partial charge is 0.335 e. The van der Waals surface area contributed by atoms with E-state index in [1.54, 1.807) is 29.2 Å². The van der Waals surface area contributed by atoms with Crippen LogP contribution in [0.3, 0.4) is 0 Å². The Hall–Kier alpha value is -3.00. The SMILES string of the molecule is COc1cc(O)c(C(CC(=O)N2C[C@@H](C)O[C@@H](C)C2)[C@@H]2C=CC(C(=O)O)=CC2)c(OC)c1. The number of phenols is 1. The van der Waals surface area contributed by atoms with Gasteiger partial charge in [-0.25, -0.2) is 4.79 Å². The Bertz CT molecular complexity index is 913. The van der Waals surface area contributed by atoms with Gasteiger partial charge in [0, 0.05) is 43.1 Å². The molecule has 0 bridgehead atoms. The maximum absolute atomic E-state index is 13.3. The van der Waals surface area contributed by atoms with Gasteiger partial charge < -0.3 is 29.3 Å². The van der Waals surface area contributed by atoms with Gasteiger partial charge in [0.25, 0.3) is 0 Å². The molecule has 8 heteroatoms. The molecule has 1 aliphatic heterocycles. The lowest BCUT2D eigenvalue weighted by atomic mass is 9.78. The van der Waals surface area contributed by atoms with E-state index in [9.17, 15) is 19.8 Å². The number of carbonyl (C=O) groups is 2. The summed E-state index contributed by atoms with van der Waals surface area (Å²) < 4.78 is 16.5. The van der Waals surface area contributed by atoms with Crippen molar-refractivity contribution < 1.29 is 34.0 Å². The molecule has 0 radical (unpaired) electrons. The lowest BCUT2D eigenvalue weighted by Gasteiger charge is -2.37. The van der Waals surface area contributed by atoms with Gasteiger partial charge in [0.15, 0.2) is 0 Å². The molecule has 1 aliphatic carbocycles. The van der Waals surface area contributed by atoms with Crippen LogP contribution < -0.4 is 9.47 Å². The van der Waals surface area contributed by atoms with E-state index in [0.29, 0.717) is 36.6 Å². The van der Waals surface area contributed by atoms with Gasteiger partial charge in [0.2, 0.25) is 5.91 Å². The number of nitrogens with zero attached hydrogens (tertiary/aromatic N) is 1. The molecule has 32 heavy (non-hydrogen) atoms. The summed E-state index contributed by atoms with van der Waals surface area (Å²) in [6.45, 7) is 4.89. The highest BCUT2D eigenvalue weighted by Gasteiger charge is 2.34. The zero-order chi connectivity index (χ0) is 23.4. The molecule has 0 saturated carbocycles. The van der Waals surface area contributed by atoms with Crippen LogP contribution >= 0.6 is 0 Å². The van der Waals surface area contributed by atoms with Crippen LogP contribution in [0.2, 0.25) is 0 Å². The molecule has 1 unspecified atom stereocenters. The van der Waals surface area contributed by atoms with E-state index in [2.05, 4.69) is 0 Å². The number of hydrogen-bond donors (Lipinski definition) is 2. The third kappa shape index (κ3) is 5.24. The van der Waals surface area contributed by atoms with Crippen LogP contribution in [-0.4, -0.2) is 66.5 Å². The summed E-state index contributed by atoms with van der Waals surface area (Å²) in [5.41, 5.74) is 0.728. The first-order valence-corrected chi connectivity index (χ1v) is 10.7. The Morgan fingerprint density at radius 2 is 1.88 bits per heavy atom. The highest BCUT2D eigenvalue weighted by atomic mass is 16.5. The summed E-state index contributed by atoms with van der Waals surface area (Å²) in [6.07, 6.45) is 5.47. The molecular formula is C24H31NO7. The largest absolute Gasteiger partial charge is 0.507 e. The summed E-state index contributed by atoms with van der Waals surface area (Å²) in [5, 5.41) is 20.1. The number of aromatic hydroxyl groups is 1. The highest BCUT2D eigenvalue weighted by molar-refractivity contribution is 5.90. The van der Waals surface area contributed by atoms with Gasteiger partial charge in [-0.05, 0) is 26.2 Å². The van der Waals surface area contributed by atoms with Crippen LogP contribution in [0.25, 0.3) is 0 Å². The van der Waals surface area contributed by atoms with E-state index in [4.69, 9.17) is 14.2 Å². The van der Waals surface area contributed by atoms with Crippen molar-refractivity contribution in [2.75, 3.05) is 27.3 Å². The normalized spacial score (nSPS) is 23.9. The van der Waals surface area contributed by atoms with Crippen molar-refractivity contribution in [2.45, 2.75) is 44.8 Å². The summed E-state index contributed by atoms with van der Waals surface area (Å²) in [7, 11) is 3.00. The maximum atomic E-state index is 13.3. The van der Waals surface area contributed by atoms with Crippen molar-refractivity contribution in [3.05, 3.63) is 41.5 Å². The molecule has 1 fully saturated rings. The summed E-state index contributed by atoms with van der Waals surface area (Å²) in [4.78, 5) is 26.4. The Labute approximate surface area is 188 Å². The van der Waals surface area contributed by atoms with E-state index in [0.717, 1.165) is 0 Å². The first kappa shape index (κ1) is 23.7. The fourth-order valence-electron chi connectivity index (χ4n) is 4.51. The van der Waals surface area contributed by atoms with E-state index in [1.807, 2.05) is 13.8 Å². The predicted octanol–water partition coefficient (Wildman–Crippen LogP) is 3.11. The molecular weight excluding hydrogens is 414 g/mol. The Morgan fingerprint density at radius 1 is 1.19 bits per heavy atom. The Kier molecular flexibility index (Phi) is 7.45. The standard InChI is InChI=1S/C24H31NO7/c1-14-12-25(13-15(2)32-14)22(27)11-19(16-5-7-17(8-6-16)24(28)29)23-20(26)9-18(30-3)10-21(23)31-4/h5,7-10,14-16,19,26H,6,11-13H2,1-4H3,(H,28,29)/t14-,15+,16-,19?/m1/s1. The zero-order valence-corrected chi connectivity index (χ0v) is 18.9. The van der Waals surface area contributed by atoms with Crippen LogP contribution in [-0.2, 0) is 14.3 Å². The van der Waals surface area contributed by atoms with Crippen molar-refractivity contribution in [1.82, 2.24) is 4.90 Å². The van der Waals surface area contributed by atoms with Crippen LogP contribution in [0.4, 0.5) is 0 Å². The number of aliphatic carboxylic acids is 1. The van der Waals surface area contributed by atoms with Gasteiger partial charge in [-0.1, -0.05) is 18.2 Å². The fraction of sp³-hybridized carbons (Fsp3) is 0.500. The number of morpholine rings is 1. The monoisotopic (exact) mass is 445 g/mol. The van der Waals surface area contributed by atoms with Crippen molar-refractivity contribution in [1.29, 1.82) is 0 Å². The quantitative estimate of drug-likeness (QED) is 0.664. The molecule has 1 aromatic carbocycles. The third-order valence-electron chi connectivity index (χ3n) is 5.98. The molecule has 1 aromatic rings. The van der Waals surface area contributed by atoms with Crippen LogP contribution in [0.5, 0.6) is 17.2 Å². The topological polar surface area (TPSA) is 106 Å². The zero-order valence-electron chi connectivity index (χ0n) is 18.9. The Morgan fingerprint density at radius 3 is 2.41 bits per heavy atom. The van der Waals surface area contributed by atoms with E-state index in [1.165, 1.54) is 20.3 Å². The summed E-state index contributed by atoms with van der Waals surface area (Å²) in [6, 6.07) is 3.18. The van der Waals surface area contributed by atoms with Crippen molar-refractivity contribution >= 4 is 11.9 Å². The van der Waals surface area contributed by atoms with Crippen molar-refractivity contribution in [3.63, 3.8) is 0 Å². The van der Waals surface area contributed by atoms with Gasteiger partial charge in [-0.2, -0.15) is 0 Å². The van der Waals surface area contributed by atoms with Crippen LogP contribution in [0, 0.1) is 5.92 Å². The molecule has 2 N–H and O–H groups in total. The third-order valence-corrected chi connectivity index (χ3v) is 5.98. The molecule has 0 aromatic heterocycles. The number of carboxylic acids is 1. The molecule has 0 spiro atoms. The second-order valence-corrected chi connectivity index (χ2v) is 8.35. The van der Waals surface area contributed by atoms with Gasteiger partial charge in [0.05, 0.1) is 32.0 Å². The number of ether oxygens (including phenoxy) is 3. The number of rotatable bonds is 7. The Balaban J connectivity index is 1.95. The minimum absolute atomic E-state index is 0.0240. The van der Waals surface area contributed by atoms with Crippen molar-refractivity contribution in [2.24, 2.45) is 5.92 Å². The molecule has 1 saturated heterocycles. The van der Waals surface area contributed by atoms with Crippen LogP contribution in [0.15, 0.2) is 35.9 Å². The highest BCUT2D eigenvalue weighted by Crippen LogP contribution is 2.45. The number of amides is 1. The summed E-state index contributed by atoms with van der Waals surface area (Å²) in [5.74, 6) is -0.805. The molecule has 2 aliphatic rings. The maximum Gasteiger partial charge on any atom is 0.335 e. The number of phenolic OH excluding ortho intramolecular Hbond substituents is 1. The number of allylic oxidation sites excluding steroid dienone is 2.